The summed E-state index contributed by atoms with van der Waals surface area (Å²) in [7, 11) is 0. The number of fused-ring (bicyclic) bond motifs is 1. The summed E-state index contributed by atoms with van der Waals surface area (Å²) >= 11 is 0. The fourth-order valence-electron chi connectivity index (χ4n) is 4.76. The lowest BCUT2D eigenvalue weighted by Crippen LogP contribution is -2.43. The Balaban J connectivity index is 1.34. The van der Waals surface area contributed by atoms with E-state index in [1.807, 2.05) is 16.8 Å². The quantitative estimate of drug-likeness (QED) is 0.449. The molecule has 6 nitrogen and oxygen atoms in total. The van der Waals surface area contributed by atoms with E-state index in [0.29, 0.717) is 6.54 Å². The third-order valence-electron chi connectivity index (χ3n) is 6.59. The summed E-state index contributed by atoms with van der Waals surface area (Å²) in [5.74, 6) is -0.904. The number of aryl methyl sites for hydroxylation is 2. The Kier molecular flexibility index (Phi) is 6.19. The van der Waals surface area contributed by atoms with E-state index in [2.05, 4.69) is 47.2 Å². The summed E-state index contributed by atoms with van der Waals surface area (Å²) < 4.78 is 28.9. The van der Waals surface area contributed by atoms with E-state index in [9.17, 15) is 13.6 Å². The van der Waals surface area contributed by atoms with Crippen molar-refractivity contribution in [2.45, 2.75) is 33.2 Å². The van der Waals surface area contributed by atoms with Gasteiger partial charge in [0.1, 0.15) is 17.2 Å². The van der Waals surface area contributed by atoms with Gasteiger partial charge in [-0.3, -0.25) is 4.79 Å². The van der Waals surface area contributed by atoms with Gasteiger partial charge in [-0.25, -0.2) is 18.3 Å². The highest BCUT2D eigenvalue weighted by Crippen LogP contribution is 2.30. The summed E-state index contributed by atoms with van der Waals surface area (Å²) in [6, 6.07) is 11.7. The molecule has 8 heteroatoms. The van der Waals surface area contributed by atoms with Crippen molar-refractivity contribution >= 4 is 17.2 Å². The number of piperidine rings is 1. The molecule has 4 aromatic rings. The van der Waals surface area contributed by atoms with Crippen LogP contribution in [0.5, 0.6) is 0 Å². The number of hydrogen-bond acceptors (Lipinski definition) is 4. The molecule has 1 amide bonds. The summed E-state index contributed by atoms with van der Waals surface area (Å²) in [4.78, 5) is 19.6. The average molecular weight is 476 g/mol. The second-order valence-electron chi connectivity index (χ2n) is 9.17. The van der Waals surface area contributed by atoms with Gasteiger partial charge in [-0.05, 0) is 44.4 Å². The van der Waals surface area contributed by atoms with Gasteiger partial charge in [0.05, 0.1) is 11.6 Å². The maximum absolute atomic E-state index is 13.9. The second-order valence-corrected chi connectivity index (χ2v) is 9.17. The fraction of sp³-hybridized carbons (Fsp3) is 0.296. The van der Waals surface area contributed by atoms with Crippen LogP contribution in [-0.2, 0) is 11.3 Å². The first kappa shape index (κ1) is 23.0. The first-order chi connectivity index (χ1) is 16.9. The van der Waals surface area contributed by atoms with E-state index in [4.69, 9.17) is 5.10 Å². The Morgan fingerprint density at radius 1 is 1.14 bits per heavy atom. The van der Waals surface area contributed by atoms with Gasteiger partial charge in [0.25, 0.3) is 0 Å². The van der Waals surface area contributed by atoms with Crippen molar-refractivity contribution < 1.29 is 13.6 Å². The first-order valence-corrected chi connectivity index (χ1v) is 11.8. The van der Waals surface area contributed by atoms with E-state index in [-0.39, 0.29) is 23.9 Å². The average Bonchev–Trinajstić information content (AvgIpc) is 3.27. The molecule has 1 aliphatic heterocycles. The van der Waals surface area contributed by atoms with Crippen molar-refractivity contribution in [3.05, 3.63) is 83.2 Å². The number of anilines is 1. The number of rotatable bonds is 5. The first-order valence-electron chi connectivity index (χ1n) is 11.8. The van der Waals surface area contributed by atoms with E-state index >= 15 is 0 Å². The smallest absolute Gasteiger partial charge is 0.225 e. The molecule has 0 unspecified atom stereocenters. The van der Waals surface area contributed by atoms with Crippen LogP contribution in [0.2, 0.25) is 0 Å². The maximum atomic E-state index is 13.9. The third kappa shape index (κ3) is 4.73. The molecule has 35 heavy (non-hydrogen) atoms. The summed E-state index contributed by atoms with van der Waals surface area (Å²) in [6.45, 7) is 5.47. The number of hydrogen-bond donors (Lipinski definition) is 1. The number of halogens is 2. The van der Waals surface area contributed by atoms with E-state index < -0.39 is 11.6 Å². The van der Waals surface area contributed by atoms with E-state index in [1.165, 1.54) is 17.7 Å². The van der Waals surface area contributed by atoms with Crippen LogP contribution in [0.4, 0.5) is 14.6 Å². The molecule has 0 aliphatic carbocycles. The Bertz CT molecular complexity index is 1400. The van der Waals surface area contributed by atoms with Gasteiger partial charge in [-0.15, -0.1) is 0 Å². The predicted molar refractivity (Wildman–Crippen MR) is 131 cm³/mol. The highest BCUT2D eigenvalue weighted by molar-refractivity contribution is 5.81. The van der Waals surface area contributed by atoms with E-state index in [1.54, 1.807) is 6.20 Å². The molecule has 1 N–H and O–H groups in total. The molecule has 1 saturated heterocycles. The fourth-order valence-corrected chi connectivity index (χ4v) is 4.76. The number of carbonyl (C=O) groups excluding carboxylic acids is 1. The number of nitrogens with zero attached hydrogens (tertiary/aromatic N) is 4. The largest absolute Gasteiger partial charge is 0.354 e. The molecular weight excluding hydrogens is 448 g/mol. The van der Waals surface area contributed by atoms with Gasteiger partial charge in [-0.1, -0.05) is 29.8 Å². The molecule has 0 saturated carbocycles. The zero-order chi connectivity index (χ0) is 24.5. The van der Waals surface area contributed by atoms with Crippen molar-refractivity contribution in [2.75, 3.05) is 18.0 Å². The monoisotopic (exact) mass is 475 g/mol. The van der Waals surface area contributed by atoms with Gasteiger partial charge < -0.3 is 10.2 Å². The van der Waals surface area contributed by atoms with Gasteiger partial charge >= 0.3 is 0 Å². The van der Waals surface area contributed by atoms with Crippen LogP contribution in [0, 0.1) is 31.4 Å². The van der Waals surface area contributed by atoms with Crippen molar-refractivity contribution in [3.8, 4) is 11.3 Å². The van der Waals surface area contributed by atoms with Crippen LogP contribution in [0.15, 0.2) is 54.9 Å². The minimum Gasteiger partial charge on any atom is -0.354 e. The van der Waals surface area contributed by atoms with Crippen molar-refractivity contribution in [3.63, 3.8) is 0 Å². The van der Waals surface area contributed by atoms with Gasteiger partial charge in [0, 0.05) is 49.2 Å². The Labute approximate surface area is 202 Å². The molecule has 2 aromatic carbocycles. The SMILES string of the molecule is Cc1ccc(-c2cc3c(N4CCC[C@@H](C(=O)NCc5ccc(F)cc5F)C4)nccn3n2)c(C)c1. The van der Waals surface area contributed by atoms with Crippen LogP contribution < -0.4 is 10.2 Å². The van der Waals surface area contributed by atoms with Gasteiger partial charge in [0.2, 0.25) is 5.91 Å². The summed E-state index contributed by atoms with van der Waals surface area (Å²) in [5, 5.41) is 7.58. The molecule has 1 atom stereocenters. The highest BCUT2D eigenvalue weighted by Gasteiger charge is 2.28. The number of nitrogens with one attached hydrogen (secondary N) is 1. The topological polar surface area (TPSA) is 62.5 Å². The molecule has 1 fully saturated rings. The third-order valence-corrected chi connectivity index (χ3v) is 6.59. The normalized spacial score (nSPS) is 16.0. The molecule has 3 heterocycles. The minimum absolute atomic E-state index is 0.0250. The maximum Gasteiger partial charge on any atom is 0.225 e. The lowest BCUT2D eigenvalue weighted by atomic mass is 9.97. The lowest BCUT2D eigenvalue weighted by Gasteiger charge is -2.33. The molecule has 0 bridgehead atoms. The minimum atomic E-state index is -0.660. The number of benzene rings is 2. The van der Waals surface area contributed by atoms with Crippen molar-refractivity contribution in [2.24, 2.45) is 5.92 Å². The number of amides is 1. The molecule has 1 aliphatic rings. The number of aromatic nitrogens is 3. The summed E-state index contributed by atoms with van der Waals surface area (Å²) in [5.41, 5.74) is 5.47. The lowest BCUT2D eigenvalue weighted by molar-refractivity contribution is -0.125. The van der Waals surface area contributed by atoms with Crippen molar-refractivity contribution in [1.29, 1.82) is 0 Å². The molecule has 180 valence electrons. The van der Waals surface area contributed by atoms with Crippen LogP contribution in [0.1, 0.15) is 29.5 Å². The van der Waals surface area contributed by atoms with Crippen LogP contribution in [-0.4, -0.2) is 33.6 Å². The highest BCUT2D eigenvalue weighted by atomic mass is 19.1. The Hall–Kier alpha value is -3.81. The number of carbonyl (C=O) groups is 1. The van der Waals surface area contributed by atoms with Gasteiger partial charge in [0.15, 0.2) is 5.82 Å². The van der Waals surface area contributed by atoms with E-state index in [0.717, 1.165) is 53.6 Å². The molecule has 0 spiro atoms. The molecule has 2 aromatic heterocycles. The summed E-state index contributed by atoms with van der Waals surface area (Å²) in [6.07, 6.45) is 5.13. The standard InChI is InChI=1S/C27H27F2N5O/c1-17-5-8-22(18(2)12-17)24-14-25-26(30-9-11-34(25)32-24)33-10-3-4-20(16-33)27(35)31-15-19-6-7-21(28)13-23(19)29/h5-9,11-14,20H,3-4,10,15-16H2,1-2H3,(H,31,35)/t20-/m1/s1. The van der Waals surface area contributed by atoms with Crippen molar-refractivity contribution in [1.82, 2.24) is 19.9 Å². The van der Waals surface area contributed by atoms with Gasteiger partial charge in [-0.2, -0.15) is 5.10 Å². The second kappa shape index (κ2) is 9.44. The Morgan fingerprint density at radius 3 is 2.80 bits per heavy atom. The van der Waals surface area contributed by atoms with Crippen LogP contribution in [0.3, 0.4) is 0 Å². The van der Waals surface area contributed by atoms with Crippen LogP contribution >= 0.6 is 0 Å². The molecular formula is C27H27F2N5O. The van der Waals surface area contributed by atoms with Crippen LogP contribution in [0.25, 0.3) is 16.8 Å². The molecule has 5 rings (SSSR count). The zero-order valence-electron chi connectivity index (χ0n) is 19.8. The predicted octanol–water partition coefficient (Wildman–Crippen LogP) is 4.82. The molecule has 0 radical (unpaired) electrons. The zero-order valence-corrected chi connectivity index (χ0v) is 19.8. The Morgan fingerprint density at radius 2 is 2.00 bits per heavy atom.